The summed E-state index contributed by atoms with van der Waals surface area (Å²) < 4.78 is 31.3. The highest BCUT2D eigenvalue weighted by Crippen LogP contribution is 2.19. The fourth-order valence-electron chi connectivity index (χ4n) is 2.04. The van der Waals surface area contributed by atoms with Crippen molar-refractivity contribution in [2.45, 2.75) is 51.6 Å². The minimum absolute atomic E-state index is 0.155. The summed E-state index contributed by atoms with van der Waals surface area (Å²) in [7, 11) is -3.55. The van der Waals surface area contributed by atoms with Crippen molar-refractivity contribution in [1.82, 2.24) is 14.1 Å². The van der Waals surface area contributed by atoms with Crippen molar-refractivity contribution in [3.05, 3.63) is 34.5 Å². The maximum Gasteiger partial charge on any atom is 0.242 e. The first-order chi connectivity index (χ1) is 10.6. The third-order valence-electron chi connectivity index (χ3n) is 3.11. The number of aromatic nitrogens is 2. The molecule has 2 aromatic heterocycles. The van der Waals surface area contributed by atoms with Crippen molar-refractivity contribution >= 4 is 27.4 Å². The van der Waals surface area contributed by atoms with Gasteiger partial charge in [-0.05, 0) is 58.3 Å². The minimum atomic E-state index is -3.55. The van der Waals surface area contributed by atoms with Gasteiger partial charge in [0, 0.05) is 28.7 Å². The van der Waals surface area contributed by atoms with Crippen molar-refractivity contribution in [2.24, 2.45) is 0 Å². The SMILES string of the molecule is Cc1nsc(C)c1CNc1ccc(S(=O)(=O)NC(C)(C)C)cn1. The molecule has 6 nitrogen and oxygen atoms in total. The van der Waals surface area contributed by atoms with Crippen molar-refractivity contribution in [1.29, 1.82) is 0 Å². The average molecular weight is 355 g/mol. The fraction of sp³-hybridized carbons (Fsp3) is 0.467. The van der Waals surface area contributed by atoms with E-state index in [1.165, 1.54) is 22.6 Å². The Kier molecular flexibility index (Phi) is 5.07. The normalized spacial score (nSPS) is 12.4. The summed E-state index contributed by atoms with van der Waals surface area (Å²) in [6, 6.07) is 3.22. The number of anilines is 1. The number of hydrogen-bond donors (Lipinski definition) is 2. The van der Waals surface area contributed by atoms with Gasteiger partial charge in [-0.2, -0.15) is 4.37 Å². The Bertz CT molecular complexity index is 755. The molecule has 0 radical (unpaired) electrons. The summed E-state index contributed by atoms with van der Waals surface area (Å²) in [5, 5.41) is 3.20. The highest BCUT2D eigenvalue weighted by molar-refractivity contribution is 7.89. The van der Waals surface area contributed by atoms with Crippen LogP contribution in [0, 0.1) is 13.8 Å². The number of hydrogen-bond acceptors (Lipinski definition) is 6. The quantitative estimate of drug-likeness (QED) is 0.862. The zero-order chi connectivity index (χ0) is 17.3. The maximum absolute atomic E-state index is 12.2. The number of pyridine rings is 1. The zero-order valence-electron chi connectivity index (χ0n) is 14.0. The van der Waals surface area contributed by atoms with Crippen LogP contribution in [0.1, 0.15) is 36.9 Å². The van der Waals surface area contributed by atoms with Crippen LogP contribution in [0.25, 0.3) is 0 Å². The second kappa shape index (κ2) is 6.54. The van der Waals surface area contributed by atoms with Crippen LogP contribution in [0.3, 0.4) is 0 Å². The Morgan fingerprint density at radius 2 is 1.91 bits per heavy atom. The Morgan fingerprint density at radius 3 is 2.39 bits per heavy atom. The van der Waals surface area contributed by atoms with Gasteiger partial charge >= 0.3 is 0 Å². The first-order valence-corrected chi connectivity index (χ1v) is 9.50. The first-order valence-electron chi connectivity index (χ1n) is 7.24. The molecule has 126 valence electrons. The van der Waals surface area contributed by atoms with E-state index in [-0.39, 0.29) is 4.90 Å². The van der Waals surface area contributed by atoms with Gasteiger partial charge in [-0.3, -0.25) is 0 Å². The monoisotopic (exact) mass is 354 g/mol. The molecule has 2 heterocycles. The smallest absolute Gasteiger partial charge is 0.242 e. The van der Waals surface area contributed by atoms with Gasteiger partial charge in [0.2, 0.25) is 10.0 Å². The molecule has 0 aromatic carbocycles. The van der Waals surface area contributed by atoms with Gasteiger partial charge in [-0.15, -0.1) is 0 Å². The van der Waals surface area contributed by atoms with E-state index in [1.807, 2.05) is 13.8 Å². The number of nitrogens with zero attached hydrogens (tertiary/aromatic N) is 2. The van der Waals surface area contributed by atoms with Crippen LogP contribution < -0.4 is 10.0 Å². The lowest BCUT2D eigenvalue weighted by Gasteiger charge is -2.20. The van der Waals surface area contributed by atoms with Crippen LogP contribution in [0.4, 0.5) is 5.82 Å². The number of sulfonamides is 1. The van der Waals surface area contributed by atoms with Gasteiger partial charge in [0.05, 0.1) is 5.69 Å². The predicted molar refractivity (Wildman–Crippen MR) is 93.2 cm³/mol. The van der Waals surface area contributed by atoms with Crippen LogP contribution in [0.5, 0.6) is 0 Å². The van der Waals surface area contributed by atoms with Crippen LogP contribution in [0.15, 0.2) is 23.2 Å². The summed E-state index contributed by atoms with van der Waals surface area (Å²) in [4.78, 5) is 5.51. The molecule has 0 aliphatic carbocycles. The van der Waals surface area contributed by atoms with Crippen LogP contribution in [0.2, 0.25) is 0 Å². The number of rotatable bonds is 5. The second-order valence-corrected chi connectivity index (χ2v) is 9.05. The number of nitrogens with one attached hydrogen (secondary N) is 2. The summed E-state index contributed by atoms with van der Waals surface area (Å²) in [5.74, 6) is 0.629. The van der Waals surface area contributed by atoms with E-state index in [0.717, 1.165) is 11.3 Å². The van der Waals surface area contributed by atoms with Crippen molar-refractivity contribution in [2.75, 3.05) is 5.32 Å². The van der Waals surface area contributed by atoms with E-state index < -0.39 is 15.6 Å². The summed E-state index contributed by atoms with van der Waals surface area (Å²) in [6.45, 7) is 10.0. The summed E-state index contributed by atoms with van der Waals surface area (Å²) in [5.41, 5.74) is 1.63. The predicted octanol–water partition coefficient (Wildman–Crippen LogP) is 2.84. The first kappa shape index (κ1) is 17.8. The molecule has 8 heteroatoms. The molecule has 2 rings (SSSR count). The maximum atomic E-state index is 12.2. The highest BCUT2D eigenvalue weighted by Gasteiger charge is 2.22. The Hall–Kier alpha value is -1.51. The van der Waals surface area contributed by atoms with E-state index in [0.29, 0.717) is 12.4 Å². The van der Waals surface area contributed by atoms with Gasteiger partial charge in [-0.25, -0.2) is 18.1 Å². The Labute approximate surface area is 141 Å². The third kappa shape index (κ3) is 4.73. The lowest BCUT2D eigenvalue weighted by atomic mass is 10.1. The molecule has 0 bridgehead atoms. The van der Waals surface area contributed by atoms with E-state index in [9.17, 15) is 8.42 Å². The highest BCUT2D eigenvalue weighted by atomic mass is 32.2. The molecule has 0 fully saturated rings. The molecule has 0 saturated heterocycles. The van der Waals surface area contributed by atoms with E-state index in [4.69, 9.17) is 0 Å². The average Bonchev–Trinajstić information content (AvgIpc) is 2.74. The van der Waals surface area contributed by atoms with Gasteiger partial charge < -0.3 is 5.32 Å². The molecule has 0 atom stereocenters. The largest absolute Gasteiger partial charge is 0.366 e. The molecule has 0 unspecified atom stereocenters. The van der Waals surface area contributed by atoms with Crippen molar-refractivity contribution in [3.63, 3.8) is 0 Å². The van der Waals surface area contributed by atoms with Gasteiger partial charge in [0.15, 0.2) is 0 Å². The molecular formula is C15H22N4O2S2. The van der Waals surface area contributed by atoms with Crippen molar-refractivity contribution in [3.8, 4) is 0 Å². The van der Waals surface area contributed by atoms with E-state index in [2.05, 4.69) is 19.4 Å². The van der Waals surface area contributed by atoms with Gasteiger partial charge in [0.25, 0.3) is 0 Å². The molecule has 0 spiro atoms. The molecule has 2 N–H and O–H groups in total. The molecule has 23 heavy (non-hydrogen) atoms. The Morgan fingerprint density at radius 1 is 1.22 bits per heavy atom. The van der Waals surface area contributed by atoms with Gasteiger partial charge in [-0.1, -0.05) is 0 Å². The molecule has 0 aliphatic rings. The molecule has 2 aromatic rings. The molecule has 0 aliphatic heterocycles. The molecular weight excluding hydrogens is 332 g/mol. The zero-order valence-corrected chi connectivity index (χ0v) is 15.6. The third-order valence-corrected chi connectivity index (χ3v) is 5.74. The fourth-order valence-corrected chi connectivity index (χ4v) is 4.12. The van der Waals surface area contributed by atoms with Crippen molar-refractivity contribution < 1.29 is 8.42 Å². The lowest BCUT2D eigenvalue weighted by Crippen LogP contribution is -2.40. The Balaban J connectivity index is 2.08. The summed E-state index contributed by atoms with van der Waals surface area (Å²) in [6.07, 6.45) is 1.36. The van der Waals surface area contributed by atoms with Gasteiger partial charge in [0.1, 0.15) is 10.7 Å². The van der Waals surface area contributed by atoms with Crippen LogP contribution in [-0.4, -0.2) is 23.3 Å². The van der Waals surface area contributed by atoms with Crippen LogP contribution >= 0.6 is 11.5 Å². The standard InChI is InChI=1S/C15H22N4O2S2/c1-10-13(11(2)22-18-10)9-17-14-7-6-12(8-16-14)23(20,21)19-15(3,4)5/h6-8,19H,9H2,1-5H3,(H,16,17). The summed E-state index contributed by atoms with van der Waals surface area (Å²) >= 11 is 1.48. The molecule has 0 saturated carbocycles. The van der Waals surface area contributed by atoms with E-state index >= 15 is 0 Å². The molecule has 0 amide bonds. The van der Waals surface area contributed by atoms with E-state index in [1.54, 1.807) is 32.9 Å². The second-order valence-electron chi connectivity index (χ2n) is 6.39. The van der Waals surface area contributed by atoms with Crippen LogP contribution in [-0.2, 0) is 16.6 Å². The minimum Gasteiger partial charge on any atom is -0.366 e. The number of aryl methyl sites for hydroxylation is 2. The topological polar surface area (TPSA) is 84.0 Å². The lowest BCUT2D eigenvalue weighted by molar-refractivity contribution is 0.491.